The monoisotopic (exact) mass is 406 g/mol. The Morgan fingerprint density at radius 2 is 1.72 bits per heavy atom. The Bertz CT molecular complexity index is 1300. The molecule has 7 heteroatoms. The molecule has 0 bridgehead atoms. The second kappa shape index (κ2) is 7.04. The second-order valence-electron chi connectivity index (χ2n) is 7.48. The highest BCUT2D eigenvalue weighted by atomic mass is 35.5. The molecule has 146 valence electrons. The number of rotatable bonds is 5. The first-order valence-corrected chi connectivity index (χ1v) is 10.00. The summed E-state index contributed by atoms with van der Waals surface area (Å²) in [4.78, 5) is 31.2. The Hall–Kier alpha value is -3.12. The summed E-state index contributed by atoms with van der Waals surface area (Å²) in [7, 11) is 0. The van der Waals surface area contributed by atoms with Crippen LogP contribution in [0.3, 0.4) is 0 Å². The van der Waals surface area contributed by atoms with E-state index in [1.807, 2.05) is 34.9 Å². The van der Waals surface area contributed by atoms with Crippen molar-refractivity contribution in [2.45, 2.75) is 25.9 Å². The number of nitrogens with zero attached hydrogens (tertiary/aromatic N) is 4. The zero-order valence-electron chi connectivity index (χ0n) is 15.7. The topological polar surface area (TPSA) is 61.8 Å². The molecule has 1 fully saturated rings. The molecule has 0 spiro atoms. The van der Waals surface area contributed by atoms with Gasteiger partial charge < -0.3 is 4.57 Å². The van der Waals surface area contributed by atoms with Gasteiger partial charge >= 0.3 is 5.69 Å². The van der Waals surface area contributed by atoms with Crippen molar-refractivity contribution >= 4 is 22.8 Å². The molecule has 0 N–H and O–H groups in total. The maximum absolute atomic E-state index is 13.4. The van der Waals surface area contributed by atoms with Crippen LogP contribution in [0.25, 0.3) is 16.9 Å². The molecule has 5 rings (SSSR count). The fourth-order valence-electron chi connectivity index (χ4n) is 3.63. The molecule has 0 saturated heterocycles. The van der Waals surface area contributed by atoms with Gasteiger partial charge in [-0.25, -0.2) is 14.3 Å². The fourth-order valence-corrected chi connectivity index (χ4v) is 3.75. The maximum Gasteiger partial charge on any atom is 0.337 e. The van der Waals surface area contributed by atoms with Crippen molar-refractivity contribution in [3.8, 4) is 5.69 Å². The van der Waals surface area contributed by atoms with Crippen LogP contribution in [0.4, 0.5) is 0 Å². The van der Waals surface area contributed by atoms with Gasteiger partial charge in [0.1, 0.15) is 0 Å². The molecule has 0 amide bonds. The van der Waals surface area contributed by atoms with Crippen LogP contribution in [0.1, 0.15) is 18.4 Å². The SMILES string of the molecule is O=c1c2c(ncn2CC2CC2)n(-c2ccc(Cl)cc2)c(=O)n1Cc1ccccc1. The van der Waals surface area contributed by atoms with Gasteiger partial charge in [-0.15, -0.1) is 0 Å². The van der Waals surface area contributed by atoms with E-state index in [4.69, 9.17) is 11.6 Å². The van der Waals surface area contributed by atoms with E-state index < -0.39 is 5.69 Å². The molecule has 0 atom stereocenters. The van der Waals surface area contributed by atoms with Crippen molar-refractivity contribution in [3.05, 3.63) is 92.3 Å². The lowest BCUT2D eigenvalue weighted by molar-refractivity contribution is 0.630. The van der Waals surface area contributed by atoms with E-state index in [2.05, 4.69) is 4.98 Å². The van der Waals surface area contributed by atoms with Crippen LogP contribution in [-0.4, -0.2) is 18.7 Å². The zero-order chi connectivity index (χ0) is 20.0. The summed E-state index contributed by atoms with van der Waals surface area (Å²) in [6, 6.07) is 16.5. The number of hydrogen-bond acceptors (Lipinski definition) is 3. The predicted octanol–water partition coefficient (Wildman–Crippen LogP) is 3.46. The maximum atomic E-state index is 13.4. The van der Waals surface area contributed by atoms with Crippen LogP contribution in [-0.2, 0) is 13.1 Å². The van der Waals surface area contributed by atoms with Gasteiger partial charge in [-0.2, -0.15) is 0 Å². The number of imidazole rings is 1. The molecule has 4 aromatic rings. The third-order valence-electron chi connectivity index (χ3n) is 5.32. The van der Waals surface area contributed by atoms with Gasteiger partial charge in [0, 0.05) is 11.6 Å². The Morgan fingerprint density at radius 3 is 2.41 bits per heavy atom. The van der Waals surface area contributed by atoms with Gasteiger partial charge in [-0.1, -0.05) is 41.9 Å². The van der Waals surface area contributed by atoms with E-state index in [1.165, 1.54) is 9.13 Å². The Labute approximate surface area is 171 Å². The summed E-state index contributed by atoms with van der Waals surface area (Å²) < 4.78 is 4.68. The number of halogens is 1. The molecule has 1 aliphatic carbocycles. The van der Waals surface area contributed by atoms with E-state index in [0.29, 0.717) is 27.8 Å². The molecule has 29 heavy (non-hydrogen) atoms. The molecule has 0 aliphatic heterocycles. The smallest absolute Gasteiger partial charge is 0.324 e. The molecule has 1 saturated carbocycles. The summed E-state index contributed by atoms with van der Waals surface area (Å²) >= 11 is 6.03. The number of fused-ring (bicyclic) bond motifs is 1. The summed E-state index contributed by atoms with van der Waals surface area (Å²) in [6.45, 7) is 0.951. The molecule has 2 aromatic heterocycles. The molecule has 2 heterocycles. The average molecular weight is 407 g/mol. The van der Waals surface area contributed by atoms with Gasteiger partial charge in [0.2, 0.25) is 0 Å². The van der Waals surface area contributed by atoms with E-state index >= 15 is 0 Å². The highest BCUT2D eigenvalue weighted by Crippen LogP contribution is 2.31. The van der Waals surface area contributed by atoms with Crippen molar-refractivity contribution < 1.29 is 0 Å². The molecule has 0 radical (unpaired) electrons. The third-order valence-corrected chi connectivity index (χ3v) is 5.57. The number of aromatic nitrogens is 4. The highest BCUT2D eigenvalue weighted by molar-refractivity contribution is 6.30. The first-order valence-electron chi connectivity index (χ1n) is 9.62. The van der Waals surface area contributed by atoms with E-state index in [0.717, 1.165) is 24.9 Å². The van der Waals surface area contributed by atoms with Crippen molar-refractivity contribution in [2.75, 3.05) is 0 Å². The predicted molar refractivity (Wildman–Crippen MR) is 113 cm³/mol. The zero-order valence-corrected chi connectivity index (χ0v) is 16.4. The third kappa shape index (κ3) is 3.29. The van der Waals surface area contributed by atoms with Crippen LogP contribution >= 0.6 is 11.6 Å². The van der Waals surface area contributed by atoms with Crippen molar-refractivity contribution in [2.24, 2.45) is 5.92 Å². The molecule has 6 nitrogen and oxygen atoms in total. The quantitative estimate of drug-likeness (QED) is 0.510. The van der Waals surface area contributed by atoms with Gasteiger partial charge in [-0.05, 0) is 48.6 Å². The average Bonchev–Trinajstić information content (AvgIpc) is 3.45. The van der Waals surface area contributed by atoms with Crippen molar-refractivity contribution in [1.82, 2.24) is 18.7 Å². The molecular weight excluding hydrogens is 388 g/mol. The Morgan fingerprint density at radius 1 is 1.00 bits per heavy atom. The summed E-state index contributed by atoms with van der Waals surface area (Å²) in [5, 5.41) is 0.579. The Balaban J connectivity index is 1.77. The van der Waals surface area contributed by atoms with Crippen LogP contribution in [0, 0.1) is 5.92 Å². The second-order valence-corrected chi connectivity index (χ2v) is 7.92. The molecular formula is C22H19ClN4O2. The van der Waals surface area contributed by atoms with Crippen LogP contribution in [0.5, 0.6) is 0 Å². The number of benzene rings is 2. The fraction of sp³-hybridized carbons (Fsp3) is 0.227. The van der Waals surface area contributed by atoms with E-state index in [1.54, 1.807) is 30.6 Å². The summed E-state index contributed by atoms with van der Waals surface area (Å²) in [5.74, 6) is 0.574. The minimum Gasteiger partial charge on any atom is -0.324 e. The van der Waals surface area contributed by atoms with Crippen molar-refractivity contribution in [3.63, 3.8) is 0 Å². The van der Waals surface area contributed by atoms with Gasteiger partial charge in [-0.3, -0.25) is 9.36 Å². The first kappa shape index (κ1) is 17.9. The minimum atomic E-state index is -0.412. The standard InChI is InChI=1S/C22H19ClN4O2/c23-17-8-10-18(11-9-17)27-20-19(25(14-24-20)12-16-6-7-16)21(28)26(22(27)29)13-15-4-2-1-3-5-15/h1-5,8-11,14,16H,6-7,12-13H2. The van der Waals surface area contributed by atoms with Gasteiger partial charge in [0.25, 0.3) is 5.56 Å². The lowest BCUT2D eigenvalue weighted by Crippen LogP contribution is -2.40. The number of hydrogen-bond donors (Lipinski definition) is 0. The lowest BCUT2D eigenvalue weighted by atomic mass is 10.2. The van der Waals surface area contributed by atoms with Crippen molar-refractivity contribution in [1.29, 1.82) is 0 Å². The largest absolute Gasteiger partial charge is 0.337 e. The highest BCUT2D eigenvalue weighted by Gasteiger charge is 2.25. The normalized spacial score (nSPS) is 13.8. The van der Waals surface area contributed by atoms with Gasteiger partial charge in [0.15, 0.2) is 11.2 Å². The lowest BCUT2D eigenvalue weighted by Gasteiger charge is -2.13. The minimum absolute atomic E-state index is 0.205. The molecule has 2 aromatic carbocycles. The Kier molecular flexibility index (Phi) is 4.36. The van der Waals surface area contributed by atoms with Crippen LogP contribution < -0.4 is 11.2 Å². The molecule has 1 aliphatic rings. The van der Waals surface area contributed by atoms with E-state index in [-0.39, 0.29) is 12.1 Å². The van der Waals surface area contributed by atoms with Crippen LogP contribution in [0.2, 0.25) is 5.02 Å². The summed E-state index contributed by atoms with van der Waals surface area (Å²) in [5.41, 5.74) is 1.64. The molecule has 0 unspecified atom stereocenters. The first-order chi connectivity index (χ1) is 14.1. The van der Waals surface area contributed by atoms with Gasteiger partial charge in [0.05, 0.1) is 18.6 Å². The summed E-state index contributed by atoms with van der Waals surface area (Å²) in [6.07, 6.45) is 3.99. The van der Waals surface area contributed by atoms with E-state index in [9.17, 15) is 9.59 Å². The van der Waals surface area contributed by atoms with Crippen LogP contribution in [0.15, 0.2) is 70.5 Å².